The number of benzene rings is 1. The van der Waals surface area contributed by atoms with Gasteiger partial charge in [0.05, 0.1) is 5.56 Å². The van der Waals surface area contributed by atoms with Crippen LogP contribution in [-0.2, 0) is 0 Å². The second-order valence-corrected chi connectivity index (χ2v) is 5.11. The molecule has 104 valence electrons. The first-order valence-electron chi connectivity index (χ1n) is 6.90. The van der Waals surface area contributed by atoms with Crippen molar-refractivity contribution in [2.24, 2.45) is 0 Å². The molecule has 1 heterocycles. The van der Waals surface area contributed by atoms with Gasteiger partial charge in [-0.3, -0.25) is 4.79 Å². The molecule has 19 heavy (non-hydrogen) atoms. The van der Waals surface area contributed by atoms with E-state index in [1.165, 1.54) is 6.07 Å². The lowest BCUT2D eigenvalue weighted by molar-refractivity contribution is 0.0701. The molecule has 4 heteroatoms. The molecular weight excluding hydrogens is 243 g/mol. The molecule has 3 nitrogen and oxygen atoms in total. The molecule has 1 fully saturated rings. The molecule has 1 N–H and O–H groups in total. The first-order chi connectivity index (χ1) is 9.11. The predicted molar refractivity (Wildman–Crippen MR) is 73.7 cm³/mol. The average Bonchev–Trinajstić information content (AvgIpc) is 2.39. The maximum Gasteiger partial charge on any atom is 0.256 e. The maximum atomic E-state index is 13.8. The van der Waals surface area contributed by atoms with Gasteiger partial charge in [-0.25, -0.2) is 4.39 Å². The van der Waals surface area contributed by atoms with Gasteiger partial charge in [0.15, 0.2) is 0 Å². The van der Waals surface area contributed by atoms with Gasteiger partial charge in [0, 0.05) is 19.1 Å². The Morgan fingerprint density at radius 2 is 2.11 bits per heavy atom. The summed E-state index contributed by atoms with van der Waals surface area (Å²) in [6, 6.07) is 5.26. The number of carbonyl (C=O) groups excluding carboxylic acids is 1. The Balaban J connectivity index is 2.01. The van der Waals surface area contributed by atoms with Crippen LogP contribution >= 0.6 is 0 Å². The zero-order valence-corrected chi connectivity index (χ0v) is 11.6. The summed E-state index contributed by atoms with van der Waals surface area (Å²) in [6.45, 7) is 6.25. The quantitative estimate of drug-likeness (QED) is 0.909. The second kappa shape index (κ2) is 6.15. The van der Waals surface area contributed by atoms with E-state index in [0.29, 0.717) is 19.1 Å². The van der Waals surface area contributed by atoms with Crippen LogP contribution in [0.2, 0.25) is 0 Å². The van der Waals surface area contributed by atoms with E-state index < -0.39 is 5.82 Å². The van der Waals surface area contributed by atoms with E-state index in [2.05, 4.69) is 12.2 Å². The molecule has 0 radical (unpaired) electrons. The van der Waals surface area contributed by atoms with Gasteiger partial charge < -0.3 is 10.2 Å². The Labute approximate surface area is 113 Å². The highest BCUT2D eigenvalue weighted by Crippen LogP contribution is 2.17. The van der Waals surface area contributed by atoms with Crippen molar-refractivity contribution in [3.8, 4) is 0 Å². The van der Waals surface area contributed by atoms with Crippen LogP contribution in [-0.4, -0.2) is 36.5 Å². The lowest BCUT2D eigenvalue weighted by Crippen LogP contribution is -2.45. The minimum atomic E-state index is -0.418. The van der Waals surface area contributed by atoms with Gasteiger partial charge in [-0.2, -0.15) is 0 Å². The molecule has 0 bridgehead atoms. The Hall–Kier alpha value is -1.42. The van der Waals surface area contributed by atoms with Crippen LogP contribution in [0.25, 0.3) is 0 Å². The average molecular weight is 264 g/mol. The van der Waals surface area contributed by atoms with E-state index in [-0.39, 0.29) is 11.5 Å². The predicted octanol–water partition coefficient (Wildman–Crippen LogP) is 2.35. The summed E-state index contributed by atoms with van der Waals surface area (Å²) in [5, 5.41) is 3.39. The molecule has 1 aromatic carbocycles. The highest BCUT2D eigenvalue weighted by Gasteiger charge is 2.24. The van der Waals surface area contributed by atoms with Crippen LogP contribution in [0.1, 0.15) is 35.7 Å². The summed E-state index contributed by atoms with van der Waals surface area (Å²) in [5.74, 6) is -0.605. The normalized spacial score (nSPS) is 16.7. The monoisotopic (exact) mass is 264 g/mol. The van der Waals surface area contributed by atoms with Crippen LogP contribution < -0.4 is 5.32 Å². The molecule has 1 aromatic rings. The zero-order chi connectivity index (χ0) is 13.8. The highest BCUT2D eigenvalue weighted by molar-refractivity contribution is 5.94. The molecular formula is C15H21FN2O. The molecule has 0 aromatic heterocycles. The second-order valence-electron chi connectivity index (χ2n) is 5.11. The molecule has 1 aliphatic heterocycles. The lowest BCUT2D eigenvalue weighted by atomic mass is 10.0. The summed E-state index contributed by atoms with van der Waals surface area (Å²) in [4.78, 5) is 14.0. The molecule has 1 aliphatic rings. The van der Waals surface area contributed by atoms with Crippen molar-refractivity contribution in [2.75, 3.05) is 19.6 Å². The smallest absolute Gasteiger partial charge is 0.256 e. The van der Waals surface area contributed by atoms with Crippen LogP contribution in [0.15, 0.2) is 18.2 Å². The van der Waals surface area contributed by atoms with Crippen LogP contribution in [0.5, 0.6) is 0 Å². The van der Waals surface area contributed by atoms with Gasteiger partial charge in [-0.05, 0) is 44.0 Å². The third-order valence-electron chi connectivity index (χ3n) is 3.63. The van der Waals surface area contributed by atoms with Gasteiger partial charge in [0.25, 0.3) is 5.91 Å². The van der Waals surface area contributed by atoms with Crippen molar-refractivity contribution >= 4 is 5.91 Å². The number of halogens is 1. The molecule has 0 atom stereocenters. The van der Waals surface area contributed by atoms with Gasteiger partial charge in [0.1, 0.15) is 5.82 Å². The number of likely N-dealkylation sites (tertiary alicyclic amines) is 1. The topological polar surface area (TPSA) is 32.3 Å². The first-order valence-corrected chi connectivity index (χ1v) is 6.90. The van der Waals surface area contributed by atoms with Gasteiger partial charge in [-0.1, -0.05) is 13.0 Å². The number of hydrogen-bond acceptors (Lipinski definition) is 2. The number of aryl methyl sites for hydroxylation is 1. The van der Waals surface area contributed by atoms with Gasteiger partial charge >= 0.3 is 0 Å². The van der Waals surface area contributed by atoms with E-state index >= 15 is 0 Å². The van der Waals surface area contributed by atoms with Gasteiger partial charge in [-0.15, -0.1) is 0 Å². The zero-order valence-electron chi connectivity index (χ0n) is 11.6. The highest BCUT2D eigenvalue weighted by atomic mass is 19.1. The van der Waals surface area contributed by atoms with Crippen LogP contribution in [0.4, 0.5) is 4.39 Å². The molecule has 1 amide bonds. The van der Waals surface area contributed by atoms with E-state index in [9.17, 15) is 9.18 Å². The number of hydrogen-bond donors (Lipinski definition) is 1. The Bertz CT molecular complexity index is 453. The molecule has 0 aliphatic carbocycles. The number of nitrogens with zero attached hydrogens (tertiary/aromatic N) is 1. The number of rotatable bonds is 3. The van der Waals surface area contributed by atoms with Crippen molar-refractivity contribution in [3.05, 3.63) is 35.1 Å². The molecule has 0 spiro atoms. The molecule has 2 rings (SSSR count). The summed E-state index contributed by atoms with van der Waals surface area (Å²) in [5.41, 5.74) is 1.02. The largest absolute Gasteiger partial charge is 0.338 e. The minimum absolute atomic E-state index is 0.188. The fraction of sp³-hybridized carbons (Fsp3) is 0.533. The third-order valence-corrected chi connectivity index (χ3v) is 3.63. The van der Waals surface area contributed by atoms with Crippen molar-refractivity contribution in [3.63, 3.8) is 0 Å². The van der Waals surface area contributed by atoms with E-state index in [1.807, 2.05) is 6.92 Å². The summed E-state index contributed by atoms with van der Waals surface area (Å²) >= 11 is 0. The Morgan fingerprint density at radius 3 is 2.68 bits per heavy atom. The van der Waals surface area contributed by atoms with E-state index in [4.69, 9.17) is 0 Å². The van der Waals surface area contributed by atoms with E-state index in [1.54, 1.807) is 17.0 Å². The number of amides is 1. The molecule has 0 saturated carbocycles. The van der Waals surface area contributed by atoms with Crippen LogP contribution in [0, 0.1) is 12.7 Å². The number of carbonyl (C=O) groups is 1. The molecule has 1 saturated heterocycles. The van der Waals surface area contributed by atoms with Crippen molar-refractivity contribution in [1.82, 2.24) is 10.2 Å². The van der Waals surface area contributed by atoms with Crippen LogP contribution in [0.3, 0.4) is 0 Å². The molecule has 0 unspecified atom stereocenters. The van der Waals surface area contributed by atoms with Gasteiger partial charge in [0.2, 0.25) is 0 Å². The number of nitrogens with one attached hydrogen (secondary N) is 1. The van der Waals surface area contributed by atoms with Crippen molar-refractivity contribution in [2.45, 2.75) is 32.7 Å². The Morgan fingerprint density at radius 1 is 1.42 bits per heavy atom. The standard InChI is InChI=1S/C15H21FN2O/c1-3-17-12-6-8-18(9-7-12)15(19)13-5-4-11(2)10-14(13)16/h4-5,10,12,17H,3,6-9H2,1-2H3. The Kier molecular flexibility index (Phi) is 4.53. The maximum absolute atomic E-state index is 13.8. The van der Waals surface area contributed by atoms with E-state index in [0.717, 1.165) is 24.9 Å². The fourth-order valence-corrected chi connectivity index (χ4v) is 2.54. The number of piperidine rings is 1. The van der Waals surface area contributed by atoms with Crippen molar-refractivity contribution in [1.29, 1.82) is 0 Å². The minimum Gasteiger partial charge on any atom is -0.338 e. The first kappa shape index (κ1) is 14.0. The summed E-state index contributed by atoms with van der Waals surface area (Å²) < 4.78 is 13.8. The SMILES string of the molecule is CCNC1CCN(C(=O)c2ccc(C)cc2F)CC1. The summed E-state index contributed by atoms with van der Waals surface area (Å²) in [6.07, 6.45) is 1.88. The fourth-order valence-electron chi connectivity index (χ4n) is 2.54. The third kappa shape index (κ3) is 3.32. The van der Waals surface area contributed by atoms with Crippen molar-refractivity contribution < 1.29 is 9.18 Å². The lowest BCUT2D eigenvalue weighted by Gasteiger charge is -2.32. The summed E-state index contributed by atoms with van der Waals surface area (Å²) in [7, 11) is 0.